The highest BCUT2D eigenvalue weighted by Crippen LogP contribution is 2.30. The van der Waals surface area contributed by atoms with E-state index < -0.39 is 34.4 Å². The highest BCUT2D eigenvalue weighted by atomic mass is 19.1. The van der Waals surface area contributed by atoms with Crippen molar-refractivity contribution in [3.05, 3.63) is 75.2 Å². The van der Waals surface area contributed by atoms with Crippen LogP contribution in [0.15, 0.2) is 42.5 Å². The van der Waals surface area contributed by atoms with Gasteiger partial charge in [-0.15, -0.1) is 0 Å². The summed E-state index contributed by atoms with van der Waals surface area (Å²) in [6.07, 6.45) is 2.23. The van der Waals surface area contributed by atoms with Gasteiger partial charge in [0.15, 0.2) is 6.10 Å². The van der Waals surface area contributed by atoms with Crippen molar-refractivity contribution in [3.63, 3.8) is 0 Å². The minimum atomic E-state index is -1.18. The number of hydrogen-bond acceptors (Lipinski definition) is 6. The van der Waals surface area contributed by atoms with Gasteiger partial charge in [-0.1, -0.05) is 18.2 Å². The molecule has 32 heavy (non-hydrogen) atoms. The maximum Gasteiger partial charge on any atom is 0.339 e. The fourth-order valence-electron chi connectivity index (χ4n) is 3.85. The van der Waals surface area contributed by atoms with E-state index in [2.05, 4.69) is 10.3 Å². The van der Waals surface area contributed by atoms with Crippen LogP contribution in [-0.2, 0) is 22.4 Å². The third kappa shape index (κ3) is 4.14. The van der Waals surface area contributed by atoms with Gasteiger partial charge >= 0.3 is 11.7 Å². The number of nitro benzene ring substituents is 1. The summed E-state index contributed by atoms with van der Waals surface area (Å²) in [6.45, 7) is 1.40. The summed E-state index contributed by atoms with van der Waals surface area (Å²) in [5.41, 5.74) is 2.10. The summed E-state index contributed by atoms with van der Waals surface area (Å²) >= 11 is 0. The minimum absolute atomic E-state index is 0.0257. The van der Waals surface area contributed by atoms with Gasteiger partial charge in [0.2, 0.25) is 5.82 Å². The lowest BCUT2D eigenvalue weighted by Gasteiger charge is -2.21. The zero-order valence-corrected chi connectivity index (χ0v) is 17.3. The molecule has 0 bridgehead atoms. The summed E-state index contributed by atoms with van der Waals surface area (Å²) in [4.78, 5) is 40.4. The quantitative estimate of drug-likeness (QED) is 0.361. The van der Waals surface area contributed by atoms with Crippen LogP contribution in [0, 0.1) is 15.9 Å². The predicted octanol–water partition coefficient (Wildman–Crippen LogP) is 4.34. The third-order valence-electron chi connectivity index (χ3n) is 5.44. The molecule has 164 valence electrons. The molecule has 1 aromatic heterocycles. The van der Waals surface area contributed by atoms with Crippen LogP contribution >= 0.6 is 0 Å². The number of benzene rings is 2. The molecular formula is C23H20FN3O5. The molecule has 1 aliphatic rings. The normalized spacial score (nSPS) is 13.8. The minimum Gasteiger partial charge on any atom is -0.449 e. The molecule has 1 atom stereocenters. The van der Waals surface area contributed by atoms with Gasteiger partial charge < -0.3 is 10.1 Å². The van der Waals surface area contributed by atoms with E-state index in [1.54, 1.807) is 6.07 Å². The standard InChI is InChI=1S/C23H20FN3O5/c1-13(22(28)25-14-10-11-17(24)20(12-14)27(30)31)32-23(29)21-15-6-2-4-8-18(15)26-19-9-5-3-7-16(19)21/h2,4,6,8,10-13H,3,5,7,9H2,1H3,(H,25,28)/t13-/m1/s1. The number of halogens is 1. The Hall–Kier alpha value is -3.88. The van der Waals surface area contributed by atoms with Gasteiger partial charge in [0, 0.05) is 22.8 Å². The molecule has 0 saturated carbocycles. The fourth-order valence-corrected chi connectivity index (χ4v) is 3.85. The number of carbonyl (C=O) groups is 2. The Morgan fingerprint density at radius 1 is 1.19 bits per heavy atom. The number of nitrogens with one attached hydrogen (secondary N) is 1. The molecule has 9 heteroatoms. The summed E-state index contributed by atoms with van der Waals surface area (Å²) in [5, 5.41) is 14.0. The van der Waals surface area contributed by atoms with Crippen LogP contribution < -0.4 is 5.32 Å². The molecule has 0 aliphatic heterocycles. The van der Waals surface area contributed by atoms with Crippen molar-refractivity contribution < 1.29 is 23.6 Å². The number of rotatable bonds is 5. The first kappa shape index (κ1) is 21.4. The van der Waals surface area contributed by atoms with Crippen molar-refractivity contribution in [3.8, 4) is 0 Å². The van der Waals surface area contributed by atoms with E-state index >= 15 is 0 Å². The van der Waals surface area contributed by atoms with Gasteiger partial charge in [-0.3, -0.25) is 19.9 Å². The van der Waals surface area contributed by atoms with Crippen LogP contribution in [0.3, 0.4) is 0 Å². The average molecular weight is 437 g/mol. The fraction of sp³-hybridized carbons (Fsp3) is 0.261. The number of para-hydroxylation sites is 1. The van der Waals surface area contributed by atoms with E-state index in [9.17, 15) is 24.1 Å². The largest absolute Gasteiger partial charge is 0.449 e. The number of hydrogen-bond donors (Lipinski definition) is 1. The molecule has 0 radical (unpaired) electrons. The Balaban J connectivity index is 1.57. The number of nitro groups is 1. The van der Waals surface area contributed by atoms with Crippen molar-refractivity contribution in [1.82, 2.24) is 4.98 Å². The first-order valence-corrected chi connectivity index (χ1v) is 10.2. The molecular weight excluding hydrogens is 417 g/mol. The SMILES string of the molecule is C[C@@H](OC(=O)c1c2c(nc3ccccc13)CCCC2)C(=O)Nc1ccc(F)c([N+](=O)[O-])c1. The van der Waals surface area contributed by atoms with Crippen LogP contribution in [0.1, 0.15) is 41.4 Å². The molecule has 1 N–H and O–H groups in total. The Morgan fingerprint density at radius 2 is 1.94 bits per heavy atom. The first-order chi connectivity index (χ1) is 15.3. The number of fused-ring (bicyclic) bond motifs is 2. The van der Waals surface area contributed by atoms with Crippen LogP contribution in [0.2, 0.25) is 0 Å². The number of anilines is 1. The Bertz CT molecular complexity index is 1240. The van der Waals surface area contributed by atoms with Gasteiger partial charge in [-0.05, 0) is 56.4 Å². The summed E-state index contributed by atoms with van der Waals surface area (Å²) < 4.78 is 19.0. The molecule has 0 fully saturated rings. The van der Waals surface area contributed by atoms with Crippen LogP contribution in [0.4, 0.5) is 15.8 Å². The lowest BCUT2D eigenvalue weighted by Crippen LogP contribution is -2.30. The molecule has 4 rings (SSSR count). The molecule has 1 heterocycles. The number of esters is 1. The second-order valence-corrected chi connectivity index (χ2v) is 7.60. The van der Waals surface area contributed by atoms with E-state index in [0.717, 1.165) is 42.7 Å². The van der Waals surface area contributed by atoms with Gasteiger partial charge in [0.1, 0.15) is 0 Å². The molecule has 2 aromatic carbocycles. The number of amides is 1. The molecule has 0 unspecified atom stereocenters. The van der Waals surface area contributed by atoms with Gasteiger partial charge in [0.05, 0.1) is 16.0 Å². The first-order valence-electron chi connectivity index (χ1n) is 10.2. The number of carbonyl (C=O) groups excluding carboxylic acids is 2. The second-order valence-electron chi connectivity index (χ2n) is 7.60. The van der Waals surface area contributed by atoms with E-state index in [1.807, 2.05) is 18.2 Å². The van der Waals surface area contributed by atoms with E-state index in [-0.39, 0.29) is 5.69 Å². The maximum atomic E-state index is 13.5. The van der Waals surface area contributed by atoms with Crippen molar-refractivity contribution in [1.29, 1.82) is 0 Å². The second kappa shape index (κ2) is 8.70. The maximum absolute atomic E-state index is 13.5. The van der Waals surface area contributed by atoms with Gasteiger partial charge in [-0.2, -0.15) is 4.39 Å². The third-order valence-corrected chi connectivity index (χ3v) is 5.44. The Kier molecular flexibility index (Phi) is 5.81. The van der Waals surface area contributed by atoms with E-state index in [1.165, 1.54) is 13.0 Å². The molecule has 0 spiro atoms. The van der Waals surface area contributed by atoms with Crippen LogP contribution in [0.5, 0.6) is 0 Å². The number of ether oxygens (including phenoxy) is 1. The lowest BCUT2D eigenvalue weighted by atomic mass is 9.90. The van der Waals surface area contributed by atoms with Crippen LogP contribution in [0.25, 0.3) is 10.9 Å². The van der Waals surface area contributed by atoms with Crippen LogP contribution in [-0.4, -0.2) is 27.9 Å². The van der Waals surface area contributed by atoms with Crippen molar-refractivity contribution in [2.75, 3.05) is 5.32 Å². The van der Waals surface area contributed by atoms with Crippen molar-refractivity contribution >= 4 is 34.2 Å². The monoisotopic (exact) mass is 437 g/mol. The molecule has 8 nitrogen and oxygen atoms in total. The average Bonchev–Trinajstić information content (AvgIpc) is 2.78. The predicted molar refractivity (Wildman–Crippen MR) is 115 cm³/mol. The highest BCUT2D eigenvalue weighted by Gasteiger charge is 2.27. The molecule has 3 aromatic rings. The number of pyridine rings is 1. The number of aromatic nitrogens is 1. The van der Waals surface area contributed by atoms with Gasteiger partial charge in [0.25, 0.3) is 5.91 Å². The molecule has 1 amide bonds. The Labute approximate surface area is 182 Å². The zero-order valence-electron chi connectivity index (χ0n) is 17.3. The molecule has 1 aliphatic carbocycles. The van der Waals surface area contributed by atoms with Gasteiger partial charge in [-0.25, -0.2) is 4.79 Å². The summed E-state index contributed by atoms with van der Waals surface area (Å²) in [7, 11) is 0. The zero-order chi connectivity index (χ0) is 22.8. The smallest absolute Gasteiger partial charge is 0.339 e. The number of nitrogens with zero attached hydrogens (tertiary/aromatic N) is 2. The lowest BCUT2D eigenvalue weighted by molar-refractivity contribution is -0.387. The highest BCUT2D eigenvalue weighted by molar-refractivity contribution is 6.06. The van der Waals surface area contributed by atoms with E-state index in [0.29, 0.717) is 22.9 Å². The topological polar surface area (TPSA) is 111 Å². The van der Waals surface area contributed by atoms with Crippen molar-refractivity contribution in [2.45, 2.75) is 38.7 Å². The van der Waals surface area contributed by atoms with E-state index in [4.69, 9.17) is 4.74 Å². The molecule has 0 saturated heterocycles. The number of aryl methyl sites for hydroxylation is 1. The van der Waals surface area contributed by atoms with Crippen molar-refractivity contribution in [2.24, 2.45) is 0 Å². The summed E-state index contributed by atoms with van der Waals surface area (Å²) in [5.74, 6) is -2.33. The summed E-state index contributed by atoms with van der Waals surface area (Å²) in [6, 6.07) is 10.3. The Morgan fingerprint density at radius 3 is 2.72 bits per heavy atom.